The second-order valence-corrected chi connectivity index (χ2v) is 12.2. The third-order valence-corrected chi connectivity index (χ3v) is 8.22. The fourth-order valence-corrected chi connectivity index (χ4v) is 6.30. The number of para-hydroxylation sites is 1. The molecule has 1 atom stereocenters. The van der Waals surface area contributed by atoms with Crippen LogP contribution in [0.5, 0.6) is 0 Å². The first kappa shape index (κ1) is 26.3. The maximum Gasteiger partial charge on any atom is 0.297 e. The van der Waals surface area contributed by atoms with Gasteiger partial charge in [0.05, 0.1) is 16.4 Å². The number of thiophene rings is 1. The van der Waals surface area contributed by atoms with Gasteiger partial charge in [0.1, 0.15) is 16.9 Å². The lowest BCUT2D eigenvalue weighted by Gasteiger charge is -2.35. The Morgan fingerprint density at radius 3 is 2.53 bits per heavy atom. The van der Waals surface area contributed by atoms with Crippen molar-refractivity contribution in [3.05, 3.63) is 96.6 Å². The van der Waals surface area contributed by atoms with Crippen LogP contribution < -0.4 is 11.3 Å². The summed E-state index contributed by atoms with van der Waals surface area (Å²) in [4.78, 5) is 35.7. The molecule has 0 saturated heterocycles. The van der Waals surface area contributed by atoms with Crippen molar-refractivity contribution in [3.8, 4) is 0 Å². The van der Waals surface area contributed by atoms with Crippen LogP contribution >= 0.6 is 27.3 Å². The highest BCUT2D eigenvalue weighted by molar-refractivity contribution is 9.11. The molecule has 5 aromatic rings. The normalized spacial score (nSPS) is 12.5. The molecule has 38 heavy (non-hydrogen) atoms. The summed E-state index contributed by atoms with van der Waals surface area (Å²) in [5, 5.41) is 0.768. The molecule has 2 N–H and O–H groups in total. The number of aromatic nitrogens is 2. The molecular weight excluding hydrogens is 564 g/mol. The first-order chi connectivity index (χ1) is 18.3. The maximum absolute atomic E-state index is 14.0. The molecule has 7 nitrogen and oxygen atoms in total. The Balaban J connectivity index is 1.75. The van der Waals surface area contributed by atoms with Crippen LogP contribution in [0.3, 0.4) is 0 Å². The lowest BCUT2D eigenvalue weighted by molar-refractivity contribution is 0.0612. The number of carbonyl (C=O) groups excluding carboxylic acids is 1. The minimum Gasteiger partial charge on any atom is -0.448 e. The van der Waals surface area contributed by atoms with Gasteiger partial charge in [0, 0.05) is 28.9 Å². The Labute approximate surface area is 233 Å². The summed E-state index contributed by atoms with van der Waals surface area (Å²) in [7, 11) is 0. The third kappa shape index (κ3) is 4.93. The van der Waals surface area contributed by atoms with Gasteiger partial charge < -0.3 is 15.1 Å². The van der Waals surface area contributed by atoms with E-state index in [4.69, 9.17) is 15.1 Å². The van der Waals surface area contributed by atoms with Crippen molar-refractivity contribution in [1.29, 1.82) is 0 Å². The number of amides is 1. The van der Waals surface area contributed by atoms with Crippen LogP contribution in [0, 0.1) is 12.8 Å². The Bertz CT molecular complexity index is 1670. The van der Waals surface area contributed by atoms with Gasteiger partial charge in [-0.05, 0) is 65.2 Å². The van der Waals surface area contributed by atoms with E-state index < -0.39 is 6.04 Å². The topological polar surface area (TPSA) is 94.4 Å². The molecule has 5 rings (SSSR count). The highest BCUT2D eigenvalue weighted by atomic mass is 79.9. The fourth-order valence-electron chi connectivity index (χ4n) is 4.83. The van der Waals surface area contributed by atoms with Gasteiger partial charge in [0.15, 0.2) is 0 Å². The summed E-state index contributed by atoms with van der Waals surface area (Å²) >= 11 is 5.07. The van der Waals surface area contributed by atoms with Gasteiger partial charge in [-0.3, -0.25) is 14.2 Å². The first-order valence-electron chi connectivity index (χ1n) is 12.5. The zero-order chi connectivity index (χ0) is 27.0. The standard InChI is InChI=1S/C29H29BrN4O3S/c1-17(2)25(33(15-14-31)28(35)19-10-8-18(3)9-11-19)27-32-24-21-6-4-5-7-22(21)37-26(24)29(36)34(27)16-20-12-13-23(30)38-20/h4-13,17,25H,14-16,31H2,1-3H3. The van der Waals surface area contributed by atoms with Crippen LogP contribution in [0.1, 0.15) is 46.5 Å². The SMILES string of the molecule is Cc1ccc(C(=O)N(CCN)C(c2nc3c(oc4ccccc43)c(=O)n2Cc2ccc(Br)s2)C(C)C)cc1. The molecule has 9 heteroatoms. The molecule has 3 aromatic heterocycles. The van der Waals surface area contributed by atoms with E-state index >= 15 is 0 Å². The van der Waals surface area contributed by atoms with Gasteiger partial charge in [-0.15, -0.1) is 11.3 Å². The van der Waals surface area contributed by atoms with Gasteiger partial charge in [-0.1, -0.05) is 43.7 Å². The number of furan rings is 1. The van der Waals surface area contributed by atoms with Crippen molar-refractivity contribution >= 4 is 55.2 Å². The molecule has 0 bridgehead atoms. The zero-order valence-electron chi connectivity index (χ0n) is 21.5. The van der Waals surface area contributed by atoms with Crippen LogP contribution in [0.4, 0.5) is 0 Å². The van der Waals surface area contributed by atoms with Crippen LogP contribution in [0.25, 0.3) is 22.1 Å². The summed E-state index contributed by atoms with van der Waals surface area (Å²) in [6.07, 6.45) is 0. The van der Waals surface area contributed by atoms with E-state index in [-0.39, 0.29) is 29.5 Å². The first-order valence-corrected chi connectivity index (χ1v) is 14.1. The molecule has 0 saturated carbocycles. The van der Waals surface area contributed by atoms with E-state index in [9.17, 15) is 9.59 Å². The van der Waals surface area contributed by atoms with Gasteiger partial charge in [-0.25, -0.2) is 4.98 Å². The fraction of sp³-hybridized carbons (Fsp3) is 0.276. The summed E-state index contributed by atoms with van der Waals surface area (Å²) in [6.45, 7) is 6.96. The van der Waals surface area contributed by atoms with Crippen LogP contribution in [-0.2, 0) is 6.54 Å². The molecule has 3 heterocycles. The molecular formula is C29H29BrN4O3S. The van der Waals surface area contributed by atoms with Gasteiger partial charge >= 0.3 is 0 Å². The van der Waals surface area contributed by atoms with Crippen molar-refractivity contribution < 1.29 is 9.21 Å². The summed E-state index contributed by atoms with van der Waals surface area (Å²) < 4.78 is 8.62. The Morgan fingerprint density at radius 2 is 1.87 bits per heavy atom. The highest BCUT2D eigenvalue weighted by Crippen LogP contribution is 2.33. The van der Waals surface area contributed by atoms with Gasteiger partial charge in [0.2, 0.25) is 5.58 Å². The molecule has 0 spiro atoms. The number of aryl methyl sites for hydroxylation is 1. The quantitative estimate of drug-likeness (QED) is 0.234. The monoisotopic (exact) mass is 592 g/mol. The van der Waals surface area contributed by atoms with Crippen molar-refractivity contribution in [1.82, 2.24) is 14.5 Å². The maximum atomic E-state index is 14.0. The smallest absolute Gasteiger partial charge is 0.297 e. The summed E-state index contributed by atoms with van der Waals surface area (Å²) in [5.41, 5.74) is 8.72. The Hall–Kier alpha value is -3.27. The van der Waals surface area contributed by atoms with E-state index in [2.05, 4.69) is 15.9 Å². The minimum absolute atomic E-state index is 0.0558. The molecule has 1 unspecified atom stereocenters. The lowest BCUT2D eigenvalue weighted by Crippen LogP contribution is -2.43. The molecule has 196 valence electrons. The van der Waals surface area contributed by atoms with Crippen LogP contribution in [0.2, 0.25) is 0 Å². The van der Waals surface area contributed by atoms with Crippen LogP contribution in [-0.4, -0.2) is 33.4 Å². The molecule has 0 radical (unpaired) electrons. The summed E-state index contributed by atoms with van der Waals surface area (Å²) in [5.74, 6) is 0.313. The molecule has 0 aliphatic heterocycles. The lowest BCUT2D eigenvalue weighted by atomic mass is 9.99. The second kappa shape index (κ2) is 10.8. The number of nitrogens with zero attached hydrogens (tertiary/aromatic N) is 3. The number of hydrogen-bond donors (Lipinski definition) is 1. The molecule has 2 aromatic carbocycles. The number of rotatable bonds is 8. The van der Waals surface area contributed by atoms with Gasteiger partial charge in [0.25, 0.3) is 11.5 Å². The van der Waals surface area contributed by atoms with Crippen molar-refractivity contribution in [2.75, 3.05) is 13.1 Å². The summed E-state index contributed by atoms with van der Waals surface area (Å²) in [6, 6.07) is 18.4. The highest BCUT2D eigenvalue weighted by Gasteiger charge is 2.33. The number of hydrogen-bond acceptors (Lipinski definition) is 6. The molecule has 1 amide bonds. The van der Waals surface area contributed by atoms with Gasteiger partial charge in [-0.2, -0.15) is 0 Å². The van der Waals surface area contributed by atoms with Crippen molar-refractivity contribution in [2.45, 2.75) is 33.4 Å². The number of carbonyl (C=O) groups is 1. The predicted octanol–water partition coefficient (Wildman–Crippen LogP) is 6.12. The average molecular weight is 594 g/mol. The van der Waals surface area contributed by atoms with Crippen molar-refractivity contribution in [3.63, 3.8) is 0 Å². The van der Waals surface area contributed by atoms with Crippen molar-refractivity contribution in [2.24, 2.45) is 11.7 Å². The molecule has 0 fully saturated rings. The van der Waals surface area contributed by atoms with E-state index in [1.165, 1.54) is 0 Å². The molecule has 0 aliphatic carbocycles. The van der Waals surface area contributed by atoms with E-state index in [0.717, 1.165) is 19.6 Å². The van der Waals surface area contributed by atoms with E-state index in [0.29, 0.717) is 35.6 Å². The minimum atomic E-state index is -0.499. The Kier molecular flexibility index (Phi) is 7.52. The van der Waals surface area contributed by atoms with Crippen LogP contribution in [0.15, 0.2) is 73.7 Å². The number of nitrogens with two attached hydrogens (primary N) is 1. The average Bonchev–Trinajstić information content (AvgIpc) is 3.49. The second-order valence-electron chi connectivity index (χ2n) is 9.69. The largest absolute Gasteiger partial charge is 0.448 e. The third-order valence-electron chi connectivity index (χ3n) is 6.62. The number of fused-ring (bicyclic) bond motifs is 3. The predicted molar refractivity (Wildman–Crippen MR) is 156 cm³/mol. The number of halogens is 1. The van der Waals surface area contributed by atoms with E-state index in [1.54, 1.807) is 20.8 Å². The Morgan fingerprint density at radius 1 is 1.13 bits per heavy atom. The zero-order valence-corrected chi connectivity index (χ0v) is 23.9. The number of benzene rings is 2. The molecule has 0 aliphatic rings. The van der Waals surface area contributed by atoms with E-state index in [1.807, 2.05) is 81.4 Å².